The molecule has 0 spiro atoms. The first-order valence-electron chi connectivity index (χ1n) is 14.4. The van der Waals surface area contributed by atoms with Gasteiger partial charge >= 0.3 is 6.18 Å². The van der Waals surface area contributed by atoms with Crippen molar-refractivity contribution in [3.05, 3.63) is 35.9 Å². The molecule has 2 nitrogen and oxygen atoms in total. The molecular weight excluding hydrogens is 480 g/mol. The second kappa shape index (κ2) is 18.2. The van der Waals surface area contributed by atoms with E-state index in [0.29, 0.717) is 33.0 Å². The number of hydrogen-bond acceptors (Lipinski definition) is 2. The molecule has 0 bridgehead atoms. The van der Waals surface area contributed by atoms with Crippen molar-refractivity contribution in [2.75, 3.05) is 13.2 Å². The maximum absolute atomic E-state index is 13.5. The number of hydrogen-bond donors (Lipinski definition) is 0. The Morgan fingerprint density at radius 2 is 1.16 bits per heavy atom. The van der Waals surface area contributed by atoms with Gasteiger partial charge in [-0.3, -0.25) is 0 Å². The molecule has 2 unspecified atom stereocenters. The Morgan fingerprint density at radius 1 is 0.676 bits per heavy atom. The van der Waals surface area contributed by atoms with E-state index in [9.17, 15) is 17.6 Å². The number of alkyl halides is 4. The summed E-state index contributed by atoms with van der Waals surface area (Å²) in [7, 11) is 0. The van der Waals surface area contributed by atoms with Crippen LogP contribution < -0.4 is 0 Å². The number of unbranched alkanes of at least 4 members (excludes halogenated alkanes) is 11. The van der Waals surface area contributed by atoms with Gasteiger partial charge in [0.25, 0.3) is 0 Å². The Hall–Kier alpha value is -1.14. The fourth-order valence-corrected chi connectivity index (χ4v) is 4.42. The Balaban J connectivity index is 1.96. The highest BCUT2D eigenvalue weighted by molar-refractivity contribution is 5.13. The zero-order valence-electron chi connectivity index (χ0n) is 23.8. The summed E-state index contributed by atoms with van der Waals surface area (Å²) in [6.45, 7) is 9.38. The zero-order chi connectivity index (χ0) is 27.6. The summed E-state index contributed by atoms with van der Waals surface area (Å²) < 4.78 is 63.1. The van der Waals surface area contributed by atoms with E-state index in [1.807, 2.05) is 18.2 Å². The van der Waals surface area contributed by atoms with Gasteiger partial charge in [0.2, 0.25) is 5.67 Å². The van der Waals surface area contributed by atoms with Crippen LogP contribution in [0, 0.1) is 5.41 Å². The Bertz CT molecular complexity index is 668. The summed E-state index contributed by atoms with van der Waals surface area (Å²) in [6.07, 6.45) is 8.21. The summed E-state index contributed by atoms with van der Waals surface area (Å²) >= 11 is 0. The molecule has 0 radical (unpaired) electrons. The maximum Gasteiger partial charge on any atom is 0.422 e. The summed E-state index contributed by atoms with van der Waals surface area (Å²) in [5.74, 6) is 0. The average Bonchev–Trinajstić information content (AvgIpc) is 2.81. The molecule has 0 N–H and O–H groups in total. The van der Waals surface area contributed by atoms with Gasteiger partial charge in [-0.2, -0.15) is 13.2 Å². The van der Waals surface area contributed by atoms with Crippen LogP contribution in [-0.4, -0.2) is 31.2 Å². The quantitative estimate of drug-likeness (QED) is 0.116. The van der Waals surface area contributed by atoms with E-state index in [4.69, 9.17) is 9.47 Å². The van der Waals surface area contributed by atoms with Crippen LogP contribution in [0.4, 0.5) is 17.6 Å². The summed E-state index contributed by atoms with van der Waals surface area (Å²) in [5, 5.41) is 0. The number of benzene rings is 1. The van der Waals surface area contributed by atoms with E-state index in [0.717, 1.165) is 38.7 Å². The lowest BCUT2D eigenvalue weighted by Crippen LogP contribution is -2.37. The van der Waals surface area contributed by atoms with Crippen LogP contribution in [0.3, 0.4) is 0 Å². The van der Waals surface area contributed by atoms with Crippen LogP contribution in [-0.2, 0) is 16.1 Å². The lowest BCUT2D eigenvalue weighted by molar-refractivity contribution is -0.226. The fraction of sp³-hybridized carbons (Fsp3) is 0.806. The SMILES string of the molecule is CC(C)(C)CC(COCCCCCCCCCCCCCCC(C)(F)C(F)(F)F)OCc1ccccc1. The predicted octanol–water partition coefficient (Wildman–Crippen LogP) is 10.4. The van der Waals surface area contributed by atoms with Gasteiger partial charge in [-0.1, -0.05) is 115 Å². The van der Waals surface area contributed by atoms with Crippen molar-refractivity contribution >= 4 is 0 Å². The minimum absolute atomic E-state index is 0.101. The van der Waals surface area contributed by atoms with E-state index in [2.05, 4.69) is 32.9 Å². The van der Waals surface area contributed by atoms with Gasteiger partial charge in [-0.05, 0) is 43.6 Å². The molecule has 0 aromatic heterocycles. The van der Waals surface area contributed by atoms with Crippen LogP contribution in [0.25, 0.3) is 0 Å². The van der Waals surface area contributed by atoms with Crippen molar-refractivity contribution in [1.82, 2.24) is 0 Å². The molecule has 1 aromatic rings. The molecule has 0 amide bonds. The van der Waals surface area contributed by atoms with Crippen LogP contribution in [0.2, 0.25) is 0 Å². The Kier molecular flexibility index (Phi) is 16.7. The third-order valence-corrected chi connectivity index (χ3v) is 6.75. The predicted molar refractivity (Wildman–Crippen MR) is 145 cm³/mol. The van der Waals surface area contributed by atoms with Crippen molar-refractivity contribution in [2.24, 2.45) is 5.41 Å². The molecular formula is C31H52F4O2. The van der Waals surface area contributed by atoms with Gasteiger partial charge in [-0.15, -0.1) is 0 Å². The molecule has 0 aliphatic rings. The summed E-state index contributed by atoms with van der Waals surface area (Å²) in [4.78, 5) is 0. The minimum Gasteiger partial charge on any atom is -0.379 e. The van der Waals surface area contributed by atoms with Crippen LogP contribution >= 0.6 is 0 Å². The summed E-state index contributed by atoms with van der Waals surface area (Å²) in [5.41, 5.74) is -1.67. The van der Waals surface area contributed by atoms with Gasteiger partial charge in [0.1, 0.15) is 0 Å². The van der Waals surface area contributed by atoms with E-state index in [1.54, 1.807) is 0 Å². The van der Waals surface area contributed by atoms with Crippen molar-refractivity contribution < 1.29 is 27.0 Å². The Labute approximate surface area is 223 Å². The third kappa shape index (κ3) is 17.9. The Morgan fingerprint density at radius 3 is 1.65 bits per heavy atom. The maximum atomic E-state index is 13.5. The molecule has 0 saturated heterocycles. The highest BCUT2D eigenvalue weighted by Gasteiger charge is 2.51. The van der Waals surface area contributed by atoms with E-state index >= 15 is 0 Å². The lowest BCUT2D eigenvalue weighted by atomic mass is 9.89. The van der Waals surface area contributed by atoms with E-state index < -0.39 is 18.3 Å². The second-order valence-corrected chi connectivity index (χ2v) is 11.9. The zero-order valence-corrected chi connectivity index (χ0v) is 23.8. The smallest absolute Gasteiger partial charge is 0.379 e. The van der Waals surface area contributed by atoms with Gasteiger partial charge in [0.15, 0.2) is 0 Å². The molecule has 1 aromatic carbocycles. The van der Waals surface area contributed by atoms with Gasteiger partial charge in [0, 0.05) is 6.61 Å². The number of rotatable bonds is 21. The van der Waals surface area contributed by atoms with Crippen molar-refractivity contribution in [1.29, 1.82) is 0 Å². The largest absolute Gasteiger partial charge is 0.422 e. The van der Waals surface area contributed by atoms with Crippen molar-refractivity contribution in [3.63, 3.8) is 0 Å². The van der Waals surface area contributed by atoms with Crippen molar-refractivity contribution in [2.45, 2.75) is 142 Å². The first kappa shape index (κ1) is 33.9. The molecule has 2 atom stereocenters. The summed E-state index contributed by atoms with van der Waals surface area (Å²) in [6, 6.07) is 10.3. The van der Waals surface area contributed by atoms with E-state index in [-0.39, 0.29) is 11.5 Å². The highest BCUT2D eigenvalue weighted by Crippen LogP contribution is 2.37. The van der Waals surface area contributed by atoms with Crippen molar-refractivity contribution in [3.8, 4) is 0 Å². The average molecular weight is 533 g/mol. The van der Waals surface area contributed by atoms with Gasteiger partial charge in [-0.25, -0.2) is 4.39 Å². The topological polar surface area (TPSA) is 18.5 Å². The molecule has 0 aliphatic heterocycles. The molecule has 0 heterocycles. The van der Waals surface area contributed by atoms with Gasteiger partial charge < -0.3 is 9.47 Å². The first-order chi connectivity index (χ1) is 17.4. The molecule has 0 aliphatic carbocycles. The first-order valence-corrected chi connectivity index (χ1v) is 14.4. The molecule has 1 rings (SSSR count). The minimum atomic E-state index is -4.76. The lowest BCUT2D eigenvalue weighted by Gasteiger charge is -2.26. The van der Waals surface area contributed by atoms with Crippen LogP contribution in [0.1, 0.15) is 123 Å². The van der Waals surface area contributed by atoms with Crippen LogP contribution in [0.5, 0.6) is 0 Å². The molecule has 37 heavy (non-hydrogen) atoms. The van der Waals surface area contributed by atoms with Crippen LogP contribution in [0.15, 0.2) is 30.3 Å². The third-order valence-electron chi connectivity index (χ3n) is 6.75. The molecule has 6 heteroatoms. The highest BCUT2D eigenvalue weighted by atomic mass is 19.4. The standard InChI is InChI=1S/C31H52F4O2/c1-29(2,3)24-28(37-25-27-20-16-15-17-21-27)26-36-23-19-14-12-10-8-6-5-7-9-11-13-18-22-30(4,32)31(33,34)35/h15-17,20-21,28H,5-14,18-19,22-26H2,1-4H3. The fourth-order valence-electron chi connectivity index (χ4n) is 4.42. The number of ether oxygens (including phenoxy) is 2. The normalized spacial score (nSPS) is 15.0. The monoisotopic (exact) mass is 532 g/mol. The van der Waals surface area contributed by atoms with E-state index in [1.165, 1.54) is 44.1 Å². The molecule has 0 saturated carbocycles. The number of halogens is 4. The second-order valence-electron chi connectivity index (χ2n) is 11.9. The van der Waals surface area contributed by atoms with Gasteiger partial charge in [0.05, 0.1) is 19.3 Å². The molecule has 0 fully saturated rings. The molecule has 216 valence electrons.